The lowest BCUT2D eigenvalue weighted by molar-refractivity contribution is 0.0917. The van der Waals surface area contributed by atoms with Gasteiger partial charge in [-0.3, -0.25) is 4.79 Å². The third-order valence-electron chi connectivity index (χ3n) is 2.92. The predicted molar refractivity (Wildman–Crippen MR) is 84.0 cm³/mol. The Kier molecular flexibility index (Phi) is 4.88. The number of aliphatic hydroxyl groups excluding tert-OH is 1. The second-order valence-electron chi connectivity index (χ2n) is 4.96. The first-order valence-electron chi connectivity index (χ1n) is 6.28. The third-order valence-corrected chi connectivity index (χ3v) is 4.40. The molecule has 0 fully saturated rings. The fraction of sp³-hybridized carbons (Fsp3) is 0.308. The van der Waals surface area contributed by atoms with Crippen LogP contribution in [0.3, 0.4) is 0 Å². The third kappa shape index (κ3) is 4.05. The molecular weight excluding hydrogens is 379 g/mol. The van der Waals surface area contributed by atoms with E-state index in [1.165, 1.54) is 6.07 Å². The summed E-state index contributed by atoms with van der Waals surface area (Å²) in [6, 6.07) is 4.87. The topological polar surface area (TPSA) is 99.3 Å². The molecule has 2 rings (SSSR count). The molecular formula is C13H14BrFN2O4S. The summed E-state index contributed by atoms with van der Waals surface area (Å²) >= 11 is 3.22. The maximum absolute atomic E-state index is 14.2. The van der Waals surface area contributed by atoms with Crippen molar-refractivity contribution in [3.8, 4) is 0 Å². The van der Waals surface area contributed by atoms with Crippen molar-refractivity contribution in [2.75, 3.05) is 18.6 Å². The smallest absolute Gasteiger partial charge is 0.270 e. The summed E-state index contributed by atoms with van der Waals surface area (Å²) in [7, 11) is -3.36. The molecule has 0 aliphatic carbocycles. The molecule has 9 heteroatoms. The number of benzene rings is 1. The number of hydrogen-bond donors (Lipinski definition) is 3. The van der Waals surface area contributed by atoms with E-state index in [0.29, 0.717) is 9.99 Å². The van der Waals surface area contributed by atoms with Crippen LogP contribution in [0.2, 0.25) is 0 Å². The molecule has 22 heavy (non-hydrogen) atoms. The molecule has 0 aliphatic rings. The lowest BCUT2D eigenvalue weighted by atomic mass is 10.2. The van der Waals surface area contributed by atoms with Crippen LogP contribution in [-0.4, -0.2) is 49.1 Å². The second-order valence-corrected chi connectivity index (χ2v) is 8.06. The predicted octanol–water partition coefficient (Wildman–Crippen LogP) is 1.20. The van der Waals surface area contributed by atoms with Crippen molar-refractivity contribution in [3.05, 3.63) is 34.2 Å². The summed E-state index contributed by atoms with van der Waals surface area (Å²) < 4.78 is 36.9. The van der Waals surface area contributed by atoms with Gasteiger partial charge >= 0.3 is 0 Å². The second kappa shape index (κ2) is 6.35. The summed E-state index contributed by atoms with van der Waals surface area (Å²) in [6.07, 6.45) is -0.270. The number of carbonyl (C=O) groups excluding carboxylic acids is 1. The molecule has 0 aliphatic heterocycles. The fourth-order valence-electron chi connectivity index (χ4n) is 2.00. The summed E-state index contributed by atoms with van der Waals surface area (Å²) in [6.45, 7) is -0.287. The van der Waals surface area contributed by atoms with Crippen molar-refractivity contribution in [3.63, 3.8) is 0 Å². The number of aromatic nitrogens is 1. The number of H-pyrrole nitrogens is 1. The van der Waals surface area contributed by atoms with E-state index < -0.39 is 33.4 Å². The van der Waals surface area contributed by atoms with E-state index in [1.54, 1.807) is 12.1 Å². The SMILES string of the molecule is CS(=O)(=O)CC(O)CNC(=O)c1[nH]c2ccc(Br)cc2c1F. The van der Waals surface area contributed by atoms with Crippen LogP contribution in [0.4, 0.5) is 4.39 Å². The van der Waals surface area contributed by atoms with Crippen molar-refractivity contribution in [1.82, 2.24) is 10.3 Å². The summed E-state index contributed by atoms with van der Waals surface area (Å²) in [5.74, 6) is -1.93. The molecule has 0 bridgehead atoms. The van der Waals surface area contributed by atoms with E-state index in [-0.39, 0.29) is 17.6 Å². The number of halogens is 2. The highest BCUT2D eigenvalue weighted by molar-refractivity contribution is 9.10. The van der Waals surface area contributed by atoms with Crippen molar-refractivity contribution in [2.24, 2.45) is 0 Å². The summed E-state index contributed by atoms with van der Waals surface area (Å²) in [5, 5.41) is 12.1. The Hall–Kier alpha value is -1.45. The quantitative estimate of drug-likeness (QED) is 0.711. The van der Waals surface area contributed by atoms with Gasteiger partial charge in [0.1, 0.15) is 15.5 Å². The van der Waals surface area contributed by atoms with Gasteiger partial charge in [0.15, 0.2) is 5.82 Å². The number of sulfone groups is 1. The molecule has 1 amide bonds. The van der Waals surface area contributed by atoms with Crippen LogP contribution in [0.15, 0.2) is 22.7 Å². The van der Waals surface area contributed by atoms with E-state index in [4.69, 9.17) is 0 Å². The number of hydrogen-bond acceptors (Lipinski definition) is 4. The Balaban J connectivity index is 2.12. The molecule has 1 aromatic heterocycles. The van der Waals surface area contributed by atoms with E-state index in [9.17, 15) is 22.7 Å². The standard InChI is InChI=1S/C13H14BrFN2O4S/c1-22(20,21)6-8(18)5-16-13(19)12-11(15)9-4-7(14)2-3-10(9)17-12/h2-4,8,17-18H,5-6H2,1H3,(H,16,19). The Bertz CT molecular complexity index is 819. The monoisotopic (exact) mass is 392 g/mol. The maximum Gasteiger partial charge on any atom is 0.270 e. The average molecular weight is 393 g/mol. The van der Waals surface area contributed by atoms with E-state index >= 15 is 0 Å². The number of nitrogens with one attached hydrogen (secondary N) is 2. The van der Waals surface area contributed by atoms with Gasteiger partial charge in [-0.1, -0.05) is 15.9 Å². The maximum atomic E-state index is 14.2. The van der Waals surface area contributed by atoms with Gasteiger partial charge in [-0.15, -0.1) is 0 Å². The van der Waals surface area contributed by atoms with Gasteiger partial charge in [0.05, 0.1) is 11.9 Å². The van der Waals surface area contributed by atoms with Gasteiger partial charge in [0.2, 0.25) is 0 Å². The van der Waals surface area contributed by atoms with Gasteiger partial charge in [-0.05, 0) is 18.2 Å². The van der Waals surface area contributed by atoms with Crippen LogP contribution >= 0.6 is 15.9 Å². The summed E-state index contributed by atoms with van der Waals surface area (Å²) in [4.78, 5) is 14.6. The minimum absolute atomic E-state index is 0.260. The van der Waals surface area contributed by atoms with E-state index in [2.05, 4.69) is 26.2 Å². The van der Waals surface area contributed by atoms with E-state index in [1.807, 2.05) is 0 Å². The van der Waals surface area contributed by atoms with Crippen LogP contribution in [0.1, 0.15) is 10.5 Å². The highest BCUT2D eigenvalue weighted by atomic mass is 79.9. The van der Waals surface area contributed by atoms with Gasteiger partial charge in [0.25, 0.3) is 5.91 Å². The Morgan fingerprint density at radius 3 is 2.82 bits per heavy atom. The van der Waals surface area contributed by atoms with Crippen LogP contribution in [0, 0.1) is 5.82 Å². The zero-order chi connectivity index (χ0) is 16.5. The molecule has 1 unspecified atom stereocenters. The minimum Gasteiger partial charge on any atom is -0.390 e. The first-order chi connectivity index (χ1) is 10.2. The van der Waals surface area contributed by atoms with Gasteiger partial charge in [-0.2, -0.15) is 0 Å². The number of aliphatic hydroxyl groups is 1. The largest absolute Gasteiger partial charge is 0.390 e. The molecule has 2 aromatic rings. The van der Waals surface area contributed by atoms with Gasteiger partial charge in [-0.25, -0.2) is 12.8 Å². The fourth-order valence-corrected chi connectivity index (χ4v) is 3.17. The Morgan fingerprint density at radius 2 is 2.18 bits per heavy atom. The Morgan fingerprint density at radius 1 is 1.50 bits per heavy atom. The molecule has 6 nitrogen and oxygen atoms in total. The van der Waals surface area contributed by atoms with Crippen LogP contribution < -0.4 is 5.32 Å². The average Bonchev–Trinajstić information content (AvgIpc) is 2.71. The Labute approximate surface area is 134 Å². The molecule has 0 saturated heterocycles. The number of rotatable bonds is 5. The lowest BCUT2D eigenvalue weighted by Crippen LogP contribution is -2.36. The molecule has 3 N–H and O–H groups in total. The number of carbonyl (C=O) groups is 1. The van der Waals surface area contributed by atoms with E-state index in [0.717, 1.165) is 6.26 Å². The highest BCUT2D eigenvalue weighted by Crippen LogP contribution is 2.24. The molecule has 0 spiro atoms. The molecule has 1 atom stereocenters. The van der Waals surface area contributed by atoms with Crippen LogP contribution in [-0.2, 0) is 9.84 Å². The van der Waals surface area contributed by atoms with Crippen LogP contribution in [0.25, 0.3) is 10.9 Å². The van der Waals surface area contributed by atoms with Gasteiger partial charge in [0, 0.05) is 28.2 Å². The number of amides is 1. The molecule has 120 valence electrons. The molecule has 1 heterocycles. The molecule has 0 saturated carbocycles. The van der Waals surface area contributed by atoms with Crippen molar-refractivity contribution < 1.29 is 22.7 Å². The zero-order valence-corrected chi connectivity index (χ0v) is 14.0. The zero-order valence-electron chi connectivity index (χ0n) is 11.6. The van der Waals surface area contributed by atoms with Crippen LogP contribution in [0.5, 0.6) is 0 Å². The first-order valence-corrected chi connectivity index (χ1v) is 9.13. The highest BCUT2D eigenvalue weighted by Gasteiger charge is 2.19. The van der Waals surface area contributed by atoms with Crippen molar-refractivity contribution >= 4 is 42.6 Å². The van der Waals surface area contributed by atoms with Crippen molar-refractivity contribution in [1.29, 1.82) is 0 Å². The molecule has 0 radical (unpaired) electrons. The van der Waals surface area contributed by atoms with Crippen molar-refractivity contribution in [2.45, 2.75) is 6.10 Å². The summed E-state index contributed by atoms with van der Waals surface area (Å²) in [5.41, 5.74) is 0.196. The molecule has 1 aromatic carbocycles. The van der Waals surface area contributed by atoms with Gasteiger partial charge < -0.3 is 15.4 Å². The first kappa shape index (κ1) is 16.9. The minimum atomic E-state index is -3.36. The normalized spacial score (nSPS) is 13.3. The number of fused-ring (bicyclic) bond motifs is 1. The number of aromatic amines is 1. The lowest BCUT2D eigenvalue weighted by Gasteiger charge is -2.10.